The van der Waals surface area contributed by atoms with Crippen LogP contribution in [0.2, 0.25) is 0 Å². The summed E-state index contributed by atoms with van der Waals surface area (Å²) in [5.74, 6) is 0.402. The smallest absolute Gasteiger partial charge is 0.257 e. The second kappa shape index (κ2) is 8.94. The van der Waals surface area contributed by atoms with Crippen molar-refractivity contribution in [2.45, 2.75) is 26.2 Å². The Morgan fingerprint density at radius 2 is 1.87 bits per heavy atom. The van der Waals surface area contributed by atoms with Crippen LogP contribution in [-0.2, 0) is 12.8 Å². The molecule has 0 spiro atoms. The molecule has 1 aliphatic carbocycles. The Morgan fingerprint density at radius 3 is 2.61 bits per heavy atom. The average molecular weight is 419 g/mol. The molecule has 3 aromatic rings. The van der Waals surface area contributed by atoms with Crippen molar-refractivity contribution in [3.63, 3.8) is 0 Å². The molecule has 0 bridgehead atoms. The third-order valence-corrected chi connectivity index (χ3v) is 5.96. The van der Waals surface area contributed by atoms with Crippen LogP contribution in [0.25, 0.3) is 10.9 Å². The highest BCUT2D eigenvalue weighted by Crippen LogP contribution is 2.33. The Kier molecular flexibility index (Phi) is 6.09. The van der Waals surface area contributed by atoms with Crippen LogP contribution in [0.4, 0.5) is 5.69 Å². The molecular formula is C25H30N4O2. The number of anilines is 1. The minimum absolute atomic E-state index is 0.115. The molecule has 0 radical (unpaired) electrons. The molecule has 1 heterocycles. The van der Waals surface area contributed by atoms with Crippen LogP contribution in [-0.4, -0.2) is 48.9 Å². The van der Waals surface area contributed by atoms with E-state index in [9.17, 15) is 9.59 Å². The zero-order valence-corrected chi connectivity index (χ0v) is 18.4. The molecule has 6 nitrogen and oxygen atoms in total. The molecule has 4 rings (SSSR count). The molecule has 2 aromatic carbocycles. The third kappa shape index (κ3) is 4.64. The lowest BCUT2D eigenvalue weighted by atomic mass is 9.87. The standard InChI is InChI=1S/C25H30N4O2/c1-16-7-12-22-21(15-16)19-5-4-6-20(23(19)28-22)25(31)27-18-10-8-17(9-11-18)24(30)26-13-14-29(2)3/h4-6,8-11,16,28H,7,12-15H2,1-3H3,(H,26,30)(H,27,31). The molecule has 0 aliphatic heterocycles. The van der Waals surface area contributed by atoms with Crippen molar-refractivity contribution >= 4 is 28.4 Å². The van der Waals surface area contributed by atoms with Gasteiger partial charge in [-0.05, 0) is 75.2 Å². The molecule has 6 heteroatoms. The number of rotatable bonds is 6. The molecule has 2 amide bonds. The lowest BCUT2D eigenvalue weighted by molar-refractivity contribution is 0.0950. The van der Waals surface area contributed by atoms with E-state index in [1.807, 2.05) is 31.1 Å². The first kappa shape index (κ1) is 21.1. The Hall–Kier alpha value is -3.12. The van der Waals surface area contributed by atoms with Gasteiger partial charge in [0.1, 0.15) is 0 Å². The predicted molar refractivity (Wildman–Crippen MR) is 125 cm³/mol. The van der Waals surface area contributed by atoms with Gasteiger partial charge in [-0.15, -0.1) is 0 Å². The zero-order chi connectivity index (χ0) is 22.0. The van der Waals surface area contributed by atoms with E-state index in [1.165, 1.54) is 17.7 Å². The maximum atomic E-state index is 13.0. The second-order valence-corrected chi connectivity index (χ2v) is 8.75. The molecule has 1 atom stereocenters. The number of fused-ring (bicyclic) bond motifs is 3. The van der Waals surface area contributed by atoms with Gasteiger partial charge in [0.05, 0.1) is 11.1 Å². The second-order valence-electron chi connectivity index (χ2n) is 8.75. The number of nitrogens with zero attached hydrogens (tertiary/aromatic N) is 1. The van der Waals surface area contributed by atoms with Crippen LogP contribution in [0.5, 0.6) is 0 Å². The fraction of sp³-hybridized carbons (Fsp3) is 0.360. The van der Waals surface area contributed by atoms with E-state index in [1.54, 1.807) is 24.3 Å². The molecule has 162 valence electrons. The van der Waals surface area contributed by atoms with E-state index in [0.717, 1.165) is 30.3 Å². The number of hydrogen-bond donors (Lipinski definition) is 3. The van der Waals surface area contributed by atoms with Gasteiger partial charge in [0.2, 0.25) is 0 Å². The Labute approximate surface area is 183 Å². The monoisotopic (exact) mass is 418 g/mol. The van der Waals surface area contributed by atoms with Gasteiger partial charge in [-0.3, -0.25) is 9.59 Å². The first-order valence-electron chi connectivity index (χ1n) is 10.9. The predicted octanol–water partition coefficient (Wildman–Crippen LogP) is 3.84. The van der Waals surface area contributed by atoms with Gasteiger partial charge >= 0.3 is 0 Å². The number of H-pyrrole nitrogens is 1. The van der Waals surface area contributed by atoms with E-state index in [0.29, 0.717) is 29.3 Å². The maximum Gasteiger partial charge on any atom is 0.257 e. The van der Waals surface area contributed by atoms with Gasteiger partial charge in [-0.1, -0.05) is 19.1 Å². The largest absolute Gasteiger partial charge is 0.358 e. The van der Waals surface area contributed by atoms with Crippen LogP contribution >= 0.6 is 0 Å². The van der Waals surface area contributed by atoms with Gasteiger partial charge in [0, 0.05) is 35.4 Å². The van der Waals surface area contributed by atoms with Gasteiger partial charge in [-0.2, -0.15) is 0 Å². The average Bonchev–Trinajstić information content (AvgIpc) is 3.11. The first-order valence-corrected chi connectivity index (χ1v) is 10.9. The zero-order valence-electron chi connectivity index (χ0n) is 18.4. The van der Waals surface area contributed by atoms with Crippen LogP contribution in [0, 0.1) is 5.92 Å². The minimum atomic E-state index is -0.152. The maximum absolute atomic E-state index is 13.0. The highest BCUT2D eigenvalue weighted by atomic mass is 16.2. The van der Waals surface area contributed by atoms with Crippen LogP contribution in [0.1, 0.15) is 45.3 Å². The fourth-order valence-corrected chi connectivity index (χ4v) is 4.20. The first-order chi connectivity index (χ1) is 14.9. The Morgan fingerprint density at radius 1 is 1.10 bits per heavy atom. The number of para-hydroxylation sites is 1. The fourth-order valence-electron chi connectivity index (χ4n) is 4.20. The molecule has 1 aromatic heterocycles. The van der Waals surface area contributed by atoms with Crippen molar-refractivity contribution in [1.29, 1.82) is 0 Å². The van der Waals surface area contributed by atoms with Crippen LogP contribution < -0.4 is 10.6 Å². The summed E-state index contributed by atoms with van der Waals surface area (Å²) in [5.41, 5.74) is 5.41. The number of hydrogen-bond acceptors (Lipinski definition) is 3. The van der Waals surface area contributed by atoms with Crippen molar-refractivity contribution in [2.75, 3.05) is 32.5 Å². The van der Waals surface area contributed by atoms with Crippen LogP contribution in [0.15, 0.2) is 42.5 Å². The molecule has 0 saturated heterocycles. The summed E-state index contributed by atoms with van der Waals surface area (Å²) >= 11 is 0. The number of carbonyl (C=O) groups is 2. The number of aromatic amines is 1. The van der Waals surface area contributed by atoms with Crippen LogP contribution in [0.3, 0.4) is 0 Å². The van der Waals surface area contributed by atoms with Crippen molar-refractivity contribution in [1.82, 2.24) is 15.2 Å². The highest BCUT2D eigenvalue weighted by Gasteiger charge is 2.22. The van der Waals surface area contributed by atoms with Crippen molar-refractivity contribution < 1.29 is 9.59 Å². The topological polar surface area (TPSA) is 77.2 Å². The summed E-state index contributed by atoms with van der Waals surface area (Å²) in [6.45, 7) is 3.66. The SMILES string of the molecule is CC1CCc2[nH]c3c(C(=O)Nc4ccc(C(=O)NCCN(C)C)cc4)cccc3c2C1. The van der Waals surface area contributed by atoms with E-state index >= 15 is 0 Å². The lowest BCUT2D eigenvalue weighted by Gasteiger charge is -2.17. The number of likely N-dealkylation sites (N-methyl/N-ethyl adjacent to an activating group) is 1. The number of aryl methyl sites for hydroxylation is 1. The van der Waals surface area contributed by atoms with Gasteiger partial charge in [-0.25, -0.2) is 0 Å². The van der Waals surface area contributed by atoms with E-state index in [4.69, 9.17) is 0 Å². The quantitative estimate of drug-likeness (QED) is 0.569. The molecule has 0 fully saturated rings. The lowest BCUT2D eigenvalue weighted by Crippen LogP contribution is -2.31. The van der Waals surface area contributed by atoms with Gasteiger partial charge in [0.25, 0.3) is 11.8 Å². The van der Waals surface area contributed by atoms with Crippen molar-refractivity contribution in [3.05, 3.63) is 64.8 Å². The summed E-state index contributed by atoms with van der Waals surface area (Å²) < 4.78 is 0. The van der Waals surface area contributed by atoms with E-state index in [2.05, 4.69) is 28.6 Å². The number of benzene rings is 2. The number of carbonyl (C=O) groups excluding carboxylic acids is 2. The molecule has 3 N–H and O–H groups in total. The normalized spacial score (nSPS) is 15.7. The Bertz CT molecular complexity index is 1100. The number of nitrogens with one attached hydrogen (secondary N) is 3. The molecule has 31 heavy (non-hydrogen) atoms. The molecule has 1 aliphatic rings. The third-order valence-electron chi connectivity index (χ3n) is 5.96. The molecule has 1 unspecified atom stereocenters. The summed E-state index contributed by atoms with van der Waals surface area (Å²) in [4.78, 5) is 30.8. The summed E-state index contributed by atoms with van der Waals surface area (Å²) in [6.07, 6.45) is 3.26. The minimum Gasteiger partial charge on any atom is -0.358 e. The number of amides is 2. The van der Waals surface area contributed by atoms with E-state index in [-0.39, 0.29) is 11.8 Å². The molecular weight excluding hydrogens is 388 g/mol. The van der Waals surface area contributed by atoms with Gasteiger partial charge < -0.3 is 20.5 Å². The van der Waals surface area contributed by atoms with E-state index < -0.39 is 0 Å². The summed E-state index contributed by atoms with van der Waals surface area (Å²) in [6, 6.07) is 12.9. The summed E-state index contributed by atoms with van der Waals surface area (Å²) in [7, 11) is 3.93. The van der Waals surface area contributed by atoms with Crippen molar-refractivity contribution in [3.8, 4) is 0 Å². The summed E-state index contributed by atoms with van der Waals surface area (Å²) in [5, 5.41) is 7.01. The highest BCUT2D eigenvalue weighted by molar-refractivity contribution is 6.12. The molecule has 0 saturated carbocycles. The van der Waals surface area contributed by atoms with Gasteiger partial charge in [0.15, 0.2) is 0 Å². The number of aromatic nitrogens is 1. The Balaban J connectivity index is 1.47. The van der Waals surface area contributed by atoms with Crippen molar-refractivity contribution in [2.24, 2.45) is 5.92 Å².